The molecule has 0 aliphatic carbocycles. The lowest BCUT2D eigenvalue weighted by Crippen LogP contribution is -2.56. The molecule has 0 unspecified atom stereocenters. The van der Waals surface area contributed by atoms with E-state index in [0.29, 0.717) is 24.5 Å². The molecule has 4 rings (SSSR count). The molecule has 0 atom stereocenters. The Morgan fingerprint density at radius 2 is 1.96 bits per heavy atom. The molecule has 6 heteroatoms. The van der Waals surface area contributed by atoms with Gasteiger partial charge in [-0.1, -0.05) is 37.3 Å². The average molecular weight is 376 g/mol. The number of likely N-dealkylation sites (tertiary alicyclic amines) is 1. The van der Waals surface area contributed by atoms with E-state index in [1.807, 2.05) is 61.3 Å². The van der Waals surface area contributed by atoms with E-state index in [0.717, 1.165) is 23.6 Å². The van der Waals surface area contributed by atoms with Crippen LogP contribution in [0.5, 0.6) is 5.75 Å². The minimum Gasteiger partial charge on any atom is -0.486 e. The Kier molecular flexibility index (Phi) is 4.86. The highest BCUT2D eigenvalue weighted by atomic mass is 16.5. The van der Waals surface area contributed by atoms with Crippen molar-refractivity contribution in [1.82, 2.24) is 19.7 Å². The molecular weight excluding hydrogens is 352 g/mol. The summed E-state index contributed by atoms with van der Waals surface area (Å²) >= 11 is 0. The summed E-state index contributed by atoms with van der Waals surface area (Å²) in [6.07, 6.45) is 0.973. The zero-order chi connectivity index (χ0) is 19.7. The van der Waals surface area contributed by atoms with Gasteiger partial charge in [0.05, 0.1) is 13.1 Å². The second kappa shape index (κ2) is 7.46. The van der Waals surface area contributed by atoms with Gasteiger partial charge in [-0.15, -0.1) is 0 Å². The van der Waals surface area contributed by atoms with Gasteiger partial charge in [-0.25, -0.2) is 9.67 Å². The summed E-state index contributed by atoms with van der Waals surface area (Å²) < 4.78 is 7.82. The maximum atomic E-state index is 12.8. The number of hydrogen-bond acceptors (Lipinski definition) is 4. The summed E-state index contributed by atoms with van der Waals surface area (Å²) in [7, 11) is 1.86. The van der Waals surface area contributed by atoms with Crippen molar-refractivity contribution in [3.63, 3.8) is 0 Å². The molecule has 1 aliphatic heterocycles. The molecular formula is C22H24N4O2. The number of benzene rings is 2. The third kappa shape index (κ3) is 3.50. The van der Waals surface area contributed by atoms with Crippen molar-refractivity contribution in [1.29, 1.82) is 0 Å². The average Bonchev–Trinajstić information content (AvgIpc) is 3.02. The second-order valence-electron chi connectivity index (χ2n) is 7.10. The first-order chi connectivity index (χ1) is 13.5. The number of ether oxygens (including phenoxy) is 1. The topological polar surface area (TPSA) is 60.2 Å². The molecule has 0 saturated carbocycles. The Morgan fingerprint density at radius 1 is 1.18 bits per heavy atom. The van der Waals surface area contributed by atoms with Crippen LogP contribution in [0.15, 0.2) is 48.5 Å². The lowest BCUT2D eigenvalue weighted by molar-refractivity contribution is 0.0174. The van der Waals surface area contributed by atoms with Gasteiger partial charge in [0.2, 0.25) is 0 Å². The van der Waals surface area contributed by atoms with E-state index >= 15 is 0 Å². The molecule has 6 nitrogen and oxygen atoms in total. The first-order valence-corrected chi connectivity index (χ1v) is 9.57. The minimum atomic E-state index is 0.0179. The summed E-state index contributed by atoms with van der Waals surface area (Å²) in [5.74, 6) is 2.41. The Morgan fingerprint density at radius 3 is 2.68 bits per heavy atom. The maximum Gasteiger partial charge on any atom is 0.254 e. The van der Waals surface area contributed by atoms with Gasteiger partial charge < -0.3 is 9.64 Å². The lowest BCUT2D eigenvalue weighted by atomic mass is 10.1. The van der Waals surface area contributed by atoms with Crippen LogP contribution in [-0.2, 0) is 13.5 Å². The summed E-state index contributed by atoms with van der Waals surface area (Å²) in [6, 6.07) is 15.6. The predicted molar refractivity (Wildman–Crippen MR) is 107 cm³/mol. The Hall–Kier alpha value is -3.15. The standard InChI is InChI=1S/C22H24N4O2/c1-4-16-8-5-6-11-20(16)28-19-13-26(14-19)22(27)18-10-7-9-17(12-18)21-23-15(2)24-25(21)3/h5-12,19H,4,13-14H2,1-3H3. The van der Waals surface area contributed by atoms with Crippen LogP contribution in [0.2, 0.25) is 0 Å². The van der Waals surface area contributed by atoms with E-state index < -0.39 is 0 Å². The van der Waals surface area contributed by atoms with E-state index in [9.17, 15) is 4.79 Å². The number of carbonyl (C=O) groups excluding carboxylic acids is 1. The van der Waals surface area contributed by atoms with Crippen molar-refractivity contribution >= 4 is 5.91 Å². The van der Waals surface area contributed by atoms with E-state index in [1.54, 1.807) is 4.68 Å². The Balaban J connectivity index is 1.43. The van der Waals surface area contributed by atoms with Gasteiger partial charge in [0, 0.05) is 18.2 Å². The molecule has 2 heterocycles. The molecule has 0 N–H and O–H groups in total. The molecule has 144 valence electrons. The lowest BCUT2D eigenvalue weighted by Gasteiger charge is -2.39. The van der Waals surface area contributed by atoms with Crippen molar-refractivity contribution in [2.45, 2.75) is 26.4 Å². The molecule has 0 radical (unpaired) electrons. The normalized spacial score (nSPS) is 14.0. The van der Waals surface area contributed by atoms with Crippen LogP contribution >= 0.6 is 0 Å². The van der Waals surface area contributed by atoms with Gasteiger partial charge in [0.25, 0.3) is 5.91 Å². The molecule has 2 aromatic carbocycles. The van der Waals surface area contributed by atoms with Crippen molar-refractivity contribution in [2.24, 2.45) is 7.05 Å². The smallest absolute Gasteiger partial charge is 0.254 e. The van der Waals surface area contributed by atoms with Gasteiger partial charge in [0.15, 0.2) is 5.82 Å². The second-order valence-corrected chi connectivity index (χ2v) is 7.10. The summed E-state index contributed by atoms with van der Waals surface area (Å²) in [4.78, 5) is 19.1. The number of nitrogens with zero attached hydrogens (tertiary/aromatic N) is 4. The van der Waals surface area contributed by atoms with Crippen LogP contribution in [0.1, 0.15) is 28.7 Å². The van der Waals surface area contributed by atoms with E-state index in [2.05, 4.69) is 23.1 Å². The number of para-hydroxylation sites is 1. The van der Waals surface area contributed by atoms with Crippen molar-refractivity contribution in [2.75, 3.05) is 13.1 Å². The fraction of sp³-hybridized carbons (Fsp3) is 0.318. The molecule has 1 fully saturated rings. The van der Waals surface area contributed by atoms with E-state index in [-0.39, 0.29) is 12.0 Å². The number of aromatic nitrogens is 3. The highest BCUT2D eigenvalue weighted by molar-refractivity contribution is 5.95. The molecule has 3 aromatic rings. The van der Waals surface area contributed by atoms with Gasteiger partial charge in [0.1, 0.15) is 17.7 Å². The molecule has 0 bridgehead atoms. The molecule has 0 spiro atoms. The summed E-state index contributed by atoms with van der Waals surface area (Å²) in [5.41, 5.74) is 2.74. The number of hydrogen-bond donors (Lipinski definition) is 0. The van der Waals surface area contributed by atoms with E-state index in [4.69, 9.17) is 4.74 Å². The fourth-order valence-corrected chi connectivity index (χ4v) is 3.51. The molecule has 1 saturated heterocycles. The highest BCUT2D eigenvalue weighted by Crippen LogP contribution is 2.25. The summed E-state index contributed by atoms with van der Waals surface area (Å²) in [6.45, 7) is 5.17. The van der Waals surface area contributed by atoms with Crippen molar-refractivity contribution in [3.8, 4) is 17.1 Å². The number of aryl methyl sites for hydroxylation is 3. The van der Waals surface area contributed by atoms with E-state index in [1.165, 1.54) is 5.56 Å². The van der Waals surface area contributed by atoms with Crippen LogP contribution < -0.4 is 4.74 Å². The number of carbonyl (C=O) groups is 1. The van der Waals surface area contributed by atoms with Crippen LogP contribution in [0.3, 0.4) is 0 Å². The largest absolute Gasteiger partial charge is 0.486 e. The number of amides is 1. The predicted octanol–water partition coefficient (Wildman–Crippen LogP) is 3.26. The molecule has 1 amide bonds. The zero-order valence-corrected chi connectivity index (χ0v) is 16.4. The zero-order valence-electron chi connectivity index (χ0n) is 16.4. The molecule has 1 aromatic heterocycles. The van der Waals surface area contributed by atoms with Crippen molar-refractivity contribution in [3.05, 3.63) is 65.5 Å². The number of rotatable bonds is 5. The minimum absolute atomic E-state index is 0.0179. The van der Waals surface area contributed by atoms with Crippen LogP contribution in [0, 0.1) is 6.92 Å². The van der Waals surface area contributed by atoms with Crippen LogP contribution in [0.25, 0.3) is 11.4 Å². The third-order valence-corrected chi connectivity index (χ3v) is 5.02. The van der Waals surface area contributed by atoms with Crippen LogP contribution in [0.4, 0.5) is 0 Å². The Bertz CT molecular complexity index is 1010. The van der Waals surface area contributed by atoms with Crippen molar-refractivity contribution < 1.29 is 9.53 Å². The first kappa shape index (κ1) is 18.2. The molecule has 1 aliphatic rings. The van der Waals surface area contributed by atoms with Gasteiger partial charge in [-0.3, -0.25) is 4.79 Å². The fourth-order valence-electron chi connectivity index (χ4n) is 3.51. The quantitative estimate of drug-likeness (QED) is 0.686. The van der Waals surface area contributed by atoms with Crippen LogP contribution in [-0.4, -0.2) is 44.8 Å². The third-order valence-electron chi connectivity index (χ3n) is 5.02. The SMILES string of the molecule is CCc1ccccc1OC1CN(C(=O)c2cccc(-c3nc(C)nn3C)c2)C1. The molecule has 28 heavy (non-hydrogen) atoms. The monoisotopic (exact) mass is 376 g/mol. The van der Waals surface area contributed by atoms with Gasteiger partial charge >= 0.3 is 0 Å². The van der Waals surface area contributed by atoms with Gasteiger partial charge in [-0.2, -0.15) is 5.10 Å². The maximum absolute atomic E-state index is 12.8. The highest BCUT2D eigenvalue weighted by Gasteiger charge is 2.33. The van der Waals surface area contributed by atoms with Gasteiger partial charge in [-0.05, 0) is 37.1 Å². The first-order valence-electron chi connectivity index (χ1n) is 9.57. The summed E-state index contributed by atoms with van der Waals surface area (Å²) in [5, 5.41) is 4.28. The Labute approximate surface area is 164 Å².